The Morgan fingerprint density at radius 1 is 1.12 bits per heavy atom. The fourth-order valence-electron chi connectivity index (χ4n) is 2.81. The van der Waals surface area contributed by atoms with Crippen molar-refractivity contribution >= 4 is 29.2 Å². The van der Waals surface area contributed by atoms with Crippen LogP contribution in [0.5, 0.6) is 0 Å². The van der Waals surface area contributed by atoms with Crippen molar-refractivity contribution in [1.29, 1.82) is 0 Å². The number of halogens is 1. The number of hydrogen-bond donors (Lipinski definition) is 3. The fraction of sp³-hybridized carbons (Fsp3) is 0.158. The van der Waals surface area contributed by atoms with E-state index in [1.807, 2.05) is 43.3 Å². The molecule has 0 unspecified atom stereocenters. The lowest BCUT2D eigenvalue weighted by Gasteiger charge is -2.28. The molecule has 128 valence electrons. The average molecular weight is 356 g/mol. The number of hydrogen-bond acceptors (Lipinski definition) is 2. The maximum absolute atomic E-state index is 12.9. The first-order chi connectivity index (χ1) is 12.0. The molecule has 2 aromatic carbocycles. The van der Waals surface area contributed by atoms with Crippen molar-refractivity contribution in [3.63, 3.8) is 0 Å². The Hall–Kier alpha value is -2.79. The standard InChI is InChI=1S/C19H18ClN3O2/c1-11-8-9-14(20)10-15(11)22-18(24)16-12(2)21-19(25)23-17(16)13-6-4-3-5-7-13/h3-10,17H,1-2H3,(H,22,24)(H2,21,23,25)/t17-/m0/s1. The number of carbonyl (C=O) groups is 2. The van der Waals surface area contributed by atoms with Crippen molar-refractivity contribution in [2.24, 2.45) is 0 Å². The largest absolute Gasteiger partial charge is 0.327 e. The Labute approximate surface area is 151 Å². The second-order valence-electron chi connectivity index (χ2n) is 5.89. The Balaban J connectivity index is 1.96. The maximum Gasteiger partial charge on any atom is 0.319 e. The van der Waals surface area contributed by atoms with E-state index in [9.17, 15) is 9.59 Å². The highest BCUT2D eigenvalue weighted by atomic mass is 35.5. The number of amides is 3. The second-order valence-corrected chi connectivity index (χ2v) is 6.33. The van der Waals surface area contributed by atoms with Gasteiger partial charge in [-0.25, -0.2) is 4.79 Å². The van der Waals surface area contributed by atoms with Gasteiger partial charge in [0.05, 0.1) is 11.6 Å². The molecule has 0 aromatic heterocycles. The molecule has 3 amide bonds. The van der Waals surface area contributed by atoms with Gasteiger partial charge in [-0.3, -0.25) is 4.79 Å². The molecule has 0 saturated carbocycles. The van der Waals surface area contributed by atoms with Crippen LogP contribution in [-0.4, -0.2) is 11.9 Å². The number of nitrogens with one attached hydrogen (secondary N) is 3. The molecule has 0 spiro atoms. The van der Waals surface area contributed by atoms with Crippen molar-refractivity contribution in [3.8, 4) is 0 Å². The topological polar surface area (TPSA) is 70.2 Å². The fourth-order valence-corrected chi connectivity index (χ4v) is 2.98. The Kier molecular flexibility index (Phi) is 4.76. The molecule has 0 aliphatic carbocycles. The van der Waals surface area contributed by atoms with Gasteiger partial charge in [-0.15, -0.1) is 0 Å². The molecule has 0 bridgehead atoms. The summed E-state index contributed by atoms with van der Waals surface area (Å²) in [5.41, 5.74) is 3.37. The molecule has 1 aliphatic heterocycles. The van der Waals surface area contributed by atoms with E-state index in [4.69, 9.17) is 11.6 Å². The quantitative estimate of drug-likeness (QED) is 0.781. The van der Waals surface area contributed by atoms with Crippen LogP contribution in [0.4, 0.5) is 10.5 Å². The average Bonchev–Trinajstić information content (AvgIpc) is 2.58. The molecule has 6 heteroatoms. The third kappa shape index (κ3) is 3.67. The van der Waals surface area contributed by atoms with Crippen molar-refractivity contribution in [1.82, 2.24) is 10.6 Å². The summed E-state index contributed by atoms with van der Waals surface area (Å²) in [4.78, 5) is 24.8. The van der Waals surface area contributed by atoms with Gasteiger partial charge in [-0.1, -0.05) is 48.0 Å². The highest BCUT2D eigenvalue weighted by molar-refractivity contribution is 6.31. The zero-order chi connectivity index (χ0) is 18.0. The van der Waals surface area contributed by atoms with Crippen LogP contribution >= 0.6 is 11.6 Å². The first-order valence-corrected chi connectivity index (χ1v) is 8.24. The molecule has 1 aliphatic rings. The molecule has 5 nitrogen and oxygen atoms in total. The molecular formula is C19H18ClN3O2. The smallest absolute Gasteiger partial charge is 0.319 e. The Morgan fingerprint density at radius 3 is 2.56 bits per heavy atom. The van der Waals surface area contributed by atoms with Crippen LogP contribution in [0.3, 0.4) is 0 Å². The number of allylic oxidation sites excluding steroid dienone is 1. The SMILES string of the molecule is CC1=C(C(=O)Nc2cc(Cl)ccc2C)[C@H](c2ccccc2)NC(=O)N1. The van der Waals surface area contributed by atoms with E-state index in [0.717, 1.165) is 11.1 Å². The Bertz CT molecular complexity index is 862. The number of benzene rings is 2. The normalized spacial score (nSPS) is 16.9. The van der Waals surface area contributed by atoms with Crippen molar-refractivity contribution in [2.45, 2.75) is 19.9 Å². The van der Waals surface area contributed by atoms with E-state index in [2.05, 4.69) is 16.0 Å². The summed E-state index contributed by atoms with van der Waals surface area (Å²) in [7, 11) is 0. The van der Waals surface area contributed by atoms with Crippen LogP contribution in [0.25, 0.3) is 0 Å². The van der Waals surface area contributed by atoms with E-state index in [-0.39, 0.29) is 11.9 Å². The highest BCUT2D eigenvalue weighted by Gasteiger charge is 2.31. The van der Waals surface area contributed by atoms with E-state index >= 15 is 0 Å². The lowest BCUT2D eigenvalue weighted by Crippen LogP contribution is -2.46. The summed E-state index contributed by atoms with van der Waals surface area (Å²) in [6.07, 6.45) is 0. The minimum atomic E-state index is -0.519. The summed E-state index contributed by atoms with van der Waals surface area (Å²) >= 11 is 6.03. The predicted octanol–water partition coefficient (Wildman–Crippen LogP) is 3.92. The summed E-state index contributed by atoms with van der Waals surface area (Å²) in [6.45, 7) is 3.61. The van der Waals surface area contributed by atoms with Crippen LogP contribution in [0.15, 0.2) is 59.8 Å². The van der Waals surface area contributed by atoms with Gasteiger partial charge in [0.25, 0.3) is 5.91 Å². The molecule has 0 fully saturated rings. The minimum absolute atomic E-state index is 0.288. The molecule has 0 saturated heterocycles. The van der Waals surface area contributed by atoms with Crippen molar-refractivity contribution in [2.75, 3.05) is 5.32 Å². The van der Waals surface area contributed by atoms with Crippen molar-refractivity contribution < 1.29 is 9.59 Å². The summed E-state index contributed by atoms with van der Waals surface area (Å²) in [5, 5.41) is 8.91. The minimum Gasteiger partial charge on any atom is -0.327 e. The summed E-state index contributed by atoms with van der Waals surface area (Å²) < 4.78 is 0. The van der Waals surface area contributed by atoms with E-state index < -0.39 is 6.04 Å². The molecule has 2 aromatic rings. The highest BCUT2D eigenvalue weighted by Crippen LogP contribution is 2.28. The van der Waals surface area contributed by atoms with E-state index in [1.54, 1.807) is 19.1 Å². The predicted molar refractivity (Wildman–Crippen MR) is 98.4 cm³/mol. The molecule has 1 atom stereocenters. The number of urea groups is 1. The Morgan fingerprint density at radius 2 is 1.84 bits per heavy atom. The zero-order valence-corrected chi connectivity index (χ0v) is 14.6. The zero-order valence-electron chi connectivity index (χ0n) is 13.9. The number of rotatable bonds is 3. The lowest BCUT2D eigenvalue weighted by molar-refractivity contribution is -0.113. The van der Waals surface area contributed by atoms with Gasteiger partial charge in [-0.2, -0.15) is 0 Å². The monoisotopic (exact) mass is 355 g/mol. The molecule has 1 heterocycles. The molecule has 25 heavy (non-hydrogen) atoms. The van der Waals surface area contributed by atoms with Crippen LogP contribution in [0, 0.1) is 6.92 Å². The maximum atomic E-state index is 12.9. The lowest BCUT2D eigenvalue weighted by atomic mass is 9.95. The second kappa shape index (κ2) is 6.99. The van der Waals surface area contributed by atoms with Crippen LogP contribution in [0.2, 0.25) is 5.02 Å². The van der Waals surface area contributed by atoms with Gasteiger partial charge < -0.3 is 16.0 Å². The van der Waals surface area contributed by atoms with E-state index in [0.29, 0.717) is 22.0 Å². The number of anilines is 1. The summed E-state index contributed by atoms with van der Waals surface area (Å²) in [6, 6.07) is 13.8. The molecule has 0 radical (unpaired) electrons. The van der Waals surface area contributed by atoms with Crippen LogP contribution in [0.1, 0.15) is 24.1 Å². The van der Waals surface area contributed by atoms with Gasteiger partial charge in [-0.05, 0) is 37.1 Å². The van der Waals surface area contributed by atoms with Gasteiger partial charge >= 0.3 is 6.03 Å². The molecule has 3 N–H and O–H groups in total. The number of carbonyl (C=O) groups excluding carboxylic acids is 2. The van der Waals surface area contributed by atoms with Gasteiger partial charge in [0.2, 0.25) is 0 Å². The van der Waals surface area contributed by atoms with E-state index in [1.165, 1.54) is 0 Å². The third-order valence-corrected chi connectivity index (χ3v) is 4.33. The molecular weight excluding hydrogens is 338 g/mol. The third-order valence-electron chi connectivity index (χ3n) is 4.09. The van der Waals surface area contributed by atoms with Gasteiger partial charge in [0.15, 0.2) is 0 Å². The first kappa shape index (κ1) is 17.0. The van der Waals surface area contributed by atoms with Crippen LogP contribution in [-0.2, 0) is 4.79 Å². The molecule has 3 rings (SSSR count). The first-order valence-electron chi connectivity index (χ1n) is 7.86. The van der Waals surface area contributed by atoms with Gasteiger partial charge in [0, 0.05) is 16.4 Å². The summed E-state index contributed by atoms with van der Waals surface area (Å²) in [5.74, 6) is -0.288. The van der Waals surface area contributed by atoms with Crippen molar-refractivity contribution in [3.05, 3.63) is 76.0 Å². The van der Waals surface area contributed by atoms with Gasteiger partial charge in [0.1, 0.15) is 0 Å². The number of aryl methyl sites for hydroxylation is 1. The van der Waals surface area contributed by atoms with Crippen LogP contribution < -0.4 is 16.0 Å².